The van der Waals surface area contributed by atoms with Crippen LogP contribution in [0.15, 0.2) is 0 Å². The quantitative estimate of drug-likeness (QED) is 0.0876. The van der Waals surface area contributed by atoms with E-state index in [1.165, 1.54) is 6.92 Å². The number of amides is 2. The van der Waals surface area contributed by atoms with Crippen molar-refractivity contribution in [3.05, 3.63) is 0 Å². The van der Waals surface area contributed by atoms with Gasteiger partial charge in [-0.25, -0.2) is 0 Å². The number of carbonyl (C=O) groups excluding carboxylic acids is 2. The molecule has 0 radical (unpaired) electrons. The highest BCUT2D eigenvalue weighted by Gasteiger charge is 2.49. The van der Waals surface area contributed by atoms with Crippen molar-refractivity contribution in [2.45, 2.75) is 89.1 Å². The van der Waals surface area contributed by atoms with E-state index in [4.69, 9.17) is 46.6 Å². The molecule has 0 bridgehead atoms. The smallest absolute Gasteiger partial charge is 0.244 e. The van der Waals surface area contributed by atoms with Crippen molar-refractivity contribution in [1.82, 2.24) is 10.6 Å². The minimum Gasteiger partial charge on any atom is -0.379 e. The summed E-state index contributed by atoms with van der Waals surface area (Å²) in [5, 5.41) is 5.65. The average Bonchev–Trinajstić information content (AvgIpc) is 2.89. The maximum atomic E-state index is 13.2. The van der Waals surface area contributed by atoms with Crippen LogP contribution in [0, 0.1) is 0 Å². The fourth-order valence-electron chi connectivity index (χ4n) is 4.08. The molecule has 2 amide bonds. The van der Waals surface area contributed by atoms with E-state index in [-0.39, 0.29) is 18.4 Å². The zero-order chi connectivity index (χ0) is 28.2. The lowest BCUT2D eigenvalue weighted by Crippen LogP contribution is -2.66. The summed E-state index contributed by atoms with van der Waals surface area (Å²) in [7, 11) is 0. The Morgan fingerprint density at radius 3 is 1.87 bits per heavy atom. The van der Waals surface area contributed by atoms with Crippen LogP contribution in [-0.2, 0) is 33.3 Å². The van der Waals surface area contributed by atoms with E-state index in [0.29, 0.717) is 91.1 Å². The molecular formula is C25H52N6O7. The molecule has 224 valence electrons. The highest BCUT2D eigenvalue weighted by molar-refractivity contribution is 5.86. The Labute approximate surface area is 227 Å². The van der Waals surface area contributed by atoms with Gasteiger partial charge >= 0.3 is 0 Å². The first kappa shape index (κ1) is 34.6. The van der Waals surface area contributed by atoms with Gasteiger partial charge in [0.1, 0.15) is 30.5 Å². The van der Waals surface area contributed by atoms with Gasteiger partial charge in [-0.2, -0.15) is 0 Å². The minimum atomic E-state index is -0.881. The molecule has 0 aromatic rings. The molecule has 1 aliphatic rings. The minimum absolute atomic E-state index is 0.204. The maximum absolute atomic E-state index is 13.2. The van der Waals surface area contributed by atoms with Crippen LogP contribution in [0.1, 0.15) is 52.4 Å². The molecule has 0 aliphatic carbocycles. The van der Waals surface area contributed by atoms with Crippen LogP contribution in [0.25, 0.3) is 0 Å². The van der Waals surface area contributed by atoms with Crippen molar-refractivity contribution < 1.29 is 33.3 Å². The number of nitrogens with two attached hydrogens (primary N) is 4. The average molecular weight is 549 g/mol. The number of hydrogen-bond acceptors (Lipinski definition) is 11. The van der Waals surface area contributed by atoms with Crippen molar-refractivity contribution in [3.8, 4) is 0 Å². The third kappa shape index (κ3) is 13.1. The molecule has 1 aliphatic heterocycles. The Balaban J connectivity index is 3.27. The second-order valence-electron chi connectivity index (χ2n) is 9.30. The SMILES string of the molecule is CCCC(NC(C)=O)C(=O)NC1OC(COCCCN)C(OCCCN)C(OCCCN)C1OCCCN. The van der Waals surface area contributed by atoms with E-state index in [9.17, 15) is 9.59 Å². The van der Waals surface area contributed by atoms with Gasteiger partial charge in [0.15, 0.2) is 6.23 Å². The lowest BCUT2D eigenvalue weighted by Gasteiger charge is -2.46. The van der Waals surface area contributed by atoms with Crippen LogP contribution in [-0.4, -0.2) is 108 Å². The summed E-state index contributed by atoms with van der Waals surface area (Å²) in [4.78, 5) is 25.0. The Morgan fingerprint density at radius 2 is 1.34 bits per heavy atom. The van der Waals surface area contributed by atoms with Crippen molar-refractivity contribution in [1.29, 1.82) is 0 Å². The van der Waals surface area contributed by atoms with Gasteiger partial charge in [0.05, 0.1) is 6.61 Å². The first-order valence-corrected chi connectivity index (χ1v) is 13.9. The number of carbonyl (C=O) groups is 2. The van der Waals surface area contributed by atoms with Crippen molar-refractivity contribution in [2.75, 3.05) is 59.2 Å². The van der Waals surface area contributed by atoms with E-state index in [1.807, 2.05) is 6.92 Å². The monoisotopic (exact) mass is 548 g/mol. The van der Waals surface area contributed by atoms with Crippen LogP contribution in [0.2, 0.25) is 0 Å². The summed E-state index contributed by atoms with van der Waals surface area (Å²) < 4.78 is 30.9. The highest BCUT2D eigenvalue weighted by atomic mass is 16.6. The molecule has 1 fully saturated rings. The molecule has 0 spiro atoms. The fourth-order valence-corrected chi connectivity index (χ4v) is 4.08. The topological polar surface area (TPSA) is 208 Å². The zero-order valence-corrected chi connectivity index (χ0v) is 23.2. The summed E-state index contributed by atoms with van der Waals surface area (Å²) in [5.74, 6) is -0.660. The number of nitrogens with one attached hydrogen (secondary N) is 2. The molecule has 6 atom stereocenters. The Kier molecular flexibility index (Phi) is 19.5. The van der Waals surface area contributed by atoms with Gasteiger partial charge in [-0.05, 0) is 58.3 Å². The molecule has 0 aromatic carbocycles. The molecule has 6 unspecified atom stereocenters. The predicted molar refractivity (Wildman–Crippen MR) is 144 cm³/mol. The first-order chi connectivity index (χ1) is 18.4. The molecule has 13 heteroatoms. The summed E-state index contributed by atoms with van der Waals surface area (Å²) in [6, 6.07) is -0.708. The van der Waals surface area contributed by atoms with E-state index in [2.05, 4.69) is 10.6 Å². The Morgan fingerprint density at radius 1 is 0.816 bits per heavy atom. The molecule has 10 N–H and O–H groups in total. The maximum Gasteiger partial charge on any atom is 0.244 e. The van der Waals surface area contributed by atoms with Gasteiger partial charge in [-0.3, -0.25) is 9.59 Å². The van der Waals surface area contributed by atoms with Crippen molar-refractivity contribution in [2.24, 2.45) is 22.9 Å². The summed E-state index contributed by atoms with van der Waals surface area (Å²) >= 11 is 0. The molecule has 1 rings (SSSR count). The van der Waals surface area contributed by atoms with Gasteiger partial charge in [0.2, 0.25) is 11.8 Å². The van der Waals surface area contributed by atoms with Crippen molar-refractivity contribution in [3.63, 3.8) is 0 Å². The number of rotatable bonds is 22. The lowest BCUT2D eigenvalue weighted by molar-refractivity contribution is -0.270. The highest BCUT2D eigenvalue weighted by Crippen LogP contribution is 2.28. The van der Waals surface area contributed by atoms with E-state index < -0.39 is 36.7 Å². The summed E-state index contributed by atoms with van der Waals surface area (Å²) in [6.45, 7) is 6.98. The Bertz CT molecular complexity index is 633. The lowest BCUT2D eigenvalue weighted by atomic mass is 9.96. The van der Waals surface area contributed by atoms with Gasteiger partial charge in [-0.1, -0.05) is 13.3 Å². The van der Waals surface area contributed by atoms with Crippen LogP contribution in [0.4, 0.5) is 0 Å². The normalized spacial score (nSPS) is 24.2. The zero-order valence-electron chi connectivity index (χ0n) is 23.2. The predicted octanol–water partition coefficient (Wildman–Crippen LogP) is -1.30. The summed E-state index contributed by atoms with van der Waals surface area (Å²) in [6.07, 6.45) is 0.491. The van der Waals surface area contributed by atoms with Crippen LogP contribution >= 0.6 is 0 Å². The molecule has 13 nitrogen and oxygen atoms in total. The largest absolute Gasteiger partial charge is 0.379 e. The third-order valence-electron chi connectivity index (χ3n) is 5.94. The van der Waals surface area contributed by atoms with E-state index in [0.717, 1.165) is 0 Å². The molecule has 0 aromatic heterocycles. The van der Waals surface area contributed by atoms with Crippen molar-refractivity contribution >= 4 is 11.8 Å². The first-order valence-electron chi connectivity index (χ1n) is 13.9. The van der Waals surface area contributed by atoms with Crippen LogP contribution in [0.5, 0.6) is 0 Å². The van der Waals surface area contributed by atoms with Crippen LogP contribution < -0.4 is 33.6 Å². The second-order valence-corrected chi connectivity index (χ2v) is 9.30. The Hall–Kier alpha value is -1.42. The molecule has 38 heavy (non-hydrogen) atoms. The van der Waals surface area contributed by atoms with Gasteiger partial charge in [0, 0.05) is 33.4 Å². The van der Waals surface area contributed by atoms with E-state index in [1.54, 1.807) is 0 Å². The molecule has 1 heterocycles. The second kappa shape index (κ2) is 21.4. The van der Waals surface area contributed by atoms with Gasteiger partial charge < -0.3 is 57.3 Å². The standard InChI is InChI=1S/C25H52N6O7/c1-3-8-19(30-18(2)32)24(33)31-25-23(37-16-7-12-29)22(36-15-6-11-28)21(35-14-5-10-27)20(38-25)17-34-13-4-9-26/h19-23,25H,3-17,26-29H2,1-2H3,(H,30,32)(H,31,33). The molecule has 0 saturated carbocycles. The number of ether oxygens (including phenoxy) is 5. The fraction of sp³-hybridized carbons (Fsp3) is 0.920. The number of hydrogen-bond donors (Lipinski definition) is 6. The molecular weight excluding hydrogens is 496 g/mol. The summed E-state index contributed by atoms with van der Waals surface area (Å²) in [5.41, 5.74) is 22.7. The van der Waals surface area contributed by atoms with Gasteiger partial charge in [-0.15, -0.1) is 0 Å². The van der Waals surface area contributed by atoms with Crippen LogP contribution in [0.3, 0.4) is 0 Å². The third-order valence-corrected chi connectivity index (χ3v) is 5.94. The van der Waals surface area contributed by atoms with Gasteiger partial charge in [0.25, 0.3) is 0 Å². The van der Waals surface area contributed by atoms with E-state index >= 15 is 0 Å². The molecule has 1 saturated heterocycles.